The molecule has 7 nitrogen and oxygen atoms in total. The molecule has 3 rings (SSSR count). The van der Waals surface area contributed by atoms with Gasteiger partial charge in [-0.2, -0.15) is 0 Å². The maximum absolute atomic E-state index is 12.0. The number of phenols is 1. The molecular weight excluding hydrogens is 268 g/mol. The normalized spacial score (nSPS) is 23.5. The molecule has 20 heavy (non-hydrogen) atoms. The monoisotopic (exact) mass is 280 g/mol. The lowest BCUT2D eigenvalue weighted by Gasteiger charge is -2.27. The molecule has 0 aromatic heterocycles. The molecule has 2 atom stereocenters. The van der Waals surface area contributed by atoms with E-state index in [9.17, 15) is 14.7 Å². The summed E-state index contributed by atoms with van der Waals surface area (Å²) in [7, 11) is 2.75. The summed E-state index contributed by atoms with van der Waals surface area (Å²) in [4.78, 5) is 23.3. The predicted octanol–water partition coefficient (Wildman–Crippen LogP) is 0.936. The Morgan fingerprint density at radius 3 is 2.65 bits per heavy atom. The summed E-state index contributed by atoms with van der Waals surface area (Å²) in [6.07, 6.45) is -1.38. The summed E-state index contributed by atoms with van der Waals surface area (Å²) in [5.41, 5.74) is 0.311. The standard InChI is InChI=1S/C13H12O7/c1-17-6-3-5-9(10(15)12(6)18-2)13(16)19-7-4-8(14)20-11(5)7/h3,7,11,15H,4H2,1-2H3/t7-,11-/m1/s1. The Labute approximate surface area is 114 Å². The fourth-order valence-corrected chi connectivity index (χ4v) is 2.53. The van der Waals surface area contributed by atoms with Crippen molar-refractivity contribution in [3.05, 3.63) is 17.2 Å². The van der Waals surface area contributed by atoms with Gasteiger partial charge in [-0.1, -0.05) is 0 Å². The molecule has 7 heteroatoms. The summed E-state index contributed by atoms with van der Waals surface area (Å²) in [5.74, 6) is -1.26. The minimum atomic E-state index is -0.721. The van der Waals surface area contributed by atoms with Crippen LogP contribution in [0.2, 0.25) is 0 Å². The molecular formula is C13H12O7. The lowest BCUT2D eigenvalue weighted by atomic mass is 9.94. The van der Waals surface area contributed by atoms with Crippen molar-refractivity contribution in [2.75, 3.05) is 14.2 Å². The Kier molecular flexibility index (Phi) is 2.70. The van der Waals surface area contributed by atoms with E-state index in [0.29, 0.717) is 5.56 Å². The highest BCUT2D eigenvalue weighted by Gasteiger charge is 2.46. The minimum absolute atomic E-state index is 0.00491. The van der Waals surface area contributed by atoms with Crippen LogP contribution in [0.25, 0.3) is 0 Å². The van der Waals surface area contributed by atoms with Crippen molar-refractivity contribution in [3.63, 3.8) is 0 Å². The lowest BCUT2D eigenvalue weighted by molar-refractivity contribution is -0.142. The Bertz CT molecular complexity index is 607. The maximum atomic E-state index is 12.0. The lowest BCUT2D eigenvalue weighted by Crippen LogP contribution is -2.29. The number of phenolic OH excluding ortho intramolecular Hbond substituents is 1. The highest BCUT2D eigenvalue weighted by atomic mass is 16.6. The number of esters is 2. The van der Waals surface area contributed by atoms with E-state index in [1.165, 1.54) is 20.3 Å². The Hall–Kier alpha value is -2.44. The molecule has 2 aliphatic heterocycles. The number of fused-ring (bicyclic) bond motifs is 3. The zero-order valence-electron chi connectivity index (χ0n) is 10.8. The van der Waals surface area contributed by atoms with Gasteiger partial charge in [0.1, 0.15) is 5.56 Å². The first-order valence-electron chi connectivity index (χ1n) is 5.95. The van der Waals surface area contributed by atoms with Crippen molar-refractivity contribution in [3.8, 4) is 17.2 Å². The van der Waals surface area contributed by atoms with Crippen molar-refractivity contribution in [1.29, 1.82) is 0 Å². The number of carbonyl (C=O) groups is 2. The smallest absolute Gasteiger partial charge is 0.342 e. The number of hydrogen-bond donors (Lipinski definition) is 1. The molecule has 1 fully saturated rings. The van der Waals surface area contributed by atoms with Crippen LogP contribution >= 0.6 is 0 Å². The summed E-state index contributed by atoms with van der Waals surface area (Å²) in [5, 5.41) is 10.2. The molecule has 0 bridgehead atoms. The second kappa shape index (κ2) is 4.29. The van der Waals surface area contributed by atoms with E-state index in [0.717, 1.165) is 0 Å². The molecule has 1 saturated heterocycles. The van der Waals surface area contributed by atoms with Crippen molar-refractivity contribution < 1.29 is 33.6 Å². The summed E-state index contributed by atoms with van der Waals surface area (Å²) in [6.45, 7) is 0. The first-order chi connectivity index (χ1) is 9.56. The van der Waals surface area contributed by atoms with Gasteiger partial charge in [-0.25, -0.2) is 4.79 Å². The summed E-state index contributed by atoms with van der Waals surface area (Å²) in [6, 6.07) is 1.52. The van der Waals surface area contributed by atoms with Gasteiger partial charge in [0.15, 0.2) is 23.7 Å². The zero-order valence-corrected chi connectivity index (χ0v) is 10.8. The van der Waals surface area contributed by atoms with Crippen molar-refractivity contribution in [1.82, 2.24) is 0 Å². The second-order valence-corrected chi connectivity index (χ2v) is 4.48. The summed E-state index contributed by atoms with van der Waals surface area (Å²) >= 11 is 0. The maximum Gasteiger partial charge on any atom is 0.342 e. The molecule has 1 aromatic carbocycles. The number of ether oxygens (including phenoxy) is 4. The Balaban J connectivity index is 2.22. The fraction of sp³-hybridized carbons (Fsp3) is 0.385. The molecule has 106 valence electrons. The van der Waals surface area contributed by atoms with Crippen LogP contribution in [-0.2, 0) is 14.3 Å². The number of methoxy groups -OCH3 is 2. The van der Waals surface area contributed by atoms with Crippen molar-refractivity contribution >= 4 is 11.9 Å². The van der Waals surface area contributed by atoms with Crippen LogP contribution in [0.4, 0.5) is 0 Å². The molecule has 2 aliphatic rings. The average Bonchev–Trinajstić information content (AvgIpc) is 2.78. The third-order valence-corrected chi connectivity index (χ3v) is 3.41. The number of benzene rings is 1. The highest BCUT2D eigenvalue weighted by molar-refractivity contribution is 5.98. The van der Waals surface area contributed by atoms with Crippen LogP contribution in [0, 0.1) is 0 Å². The number of hydrogen-bond acceptors (Lipinski definition) is 7. The number of carbonyl (C=O) groups excluding carboxylic acids is 2. The van der Waals surface area contributed by atoms with E-state index < -0.39 is 24.1 Å². The highest BCUT2D eigenvalue weighted by Crippen LogP contribution is 2.48. The first kappa shape index (κ1) is 12.6. The van der Waals surface area contributed by atoms with Gasteiger partial charge in [0, 0.05) is 5.56 Å². The molecule has 2 heterocycles. The van der Waals surface area contributed by atoms with Crippen LogP contribution in [0.3, 0.4) is 0 Å². The molecule has 0 unspecified atom stereocenters. The Morgan fingerprint density at radius 1 is 1.25 bits per heavy atom. The Morgan fingerprint density at radius 2 is 2.00 bits per heavy atom. The zero-order chi connectivity index (χ0) is 14.4. The predicted molar refractivity (Wildman–Crippen MR) is 63.9 cm³/mol. The van der Waals surface area contributed by atoms with E-state index in [-0.39, 0.29) is 29.2 Å². The third-order valence-electron chi connectivity index (χ3n) is 3.41. The minimum Gasteiger partial charge on any atom is -0.504 e. The van der Waals surface area contributed by atoms with Crippen LogP contribution in [0.15, 0.2) is 6.07 Å². The molecule has 1 N–H and O–H groups in total. The van der Waals surface area contributed by atoms with Crippen LogP contribution < -0.4 is 9.47 Å². The van der Waals surface area contributed by atoms with E-state index in [1.807, 2.05) is 0 Å². The van der Waals surface area contributed by atoms with Gasteiger partial charge >= 0.3 is 11.9 Å². The van der Waals surface area contributed by atoms with E-state index in [4.69, 9.17) is 18.9 Å². The van der Waals surface area contributed by atoms with E-state index >= 15 is 0 Å². The van der Waals surface area contributed by atoms with Gasteiger partial charge in [0.05, 0.1) is 20.6 Å². The van der Waals surface area contributed by atoms with Gasteiger partial charge in [-0.15, -0.1) is 0 Å². The SMILES string of the molecule is COc1cc2c(c(O)c1OC)C(=O)O[C@@H]1CC(=O)O[C@H]21. The van der Waals surface area contributed by atoms with Gasteiger partial charge in [-0.3, -0.25) is 4.79 Å². The summed E-state index contributed by atoms with van der Waals surface area (Å²) < 4.78 is 20.4. The molecule has 1 aromatic rings. The fourth-order valence-electron chi connectivity index (χ4n) is 2.53. The largest absolute Gasteiger partial charge is 0.504 e. The molecule has 0 aliphatic carbocycles. The van der Waals surface area contributed by atoms with E-state index in [1.54, 1.807) is 0 Å². The quantitative estimate of drug-likeness (QED) is 0.806. The van der Waals surface area contributed by atoms with Crippen LogP contribution in [0.1, 0.15) is 28.4 Å². The van der Waals surface area contributed by atoms with Crippen molar-refractivity contribution in [2.45, 2.75) is 18.6 Å². The van der Waals surface area contributed by atoms with Crippen molar-refractivity contribution in [2.24, 2.45) is 0 Å². The second-order valence-electron chi connectivity index (χ2n) is 4.48. The molecule has 0 saturated carbocycles. The van der Waals surface area contributed by atoms with Gasteiger partial charge in [0.25, 0.3) is 0 Å². The molecule has 0 spiro atoms. The molecule has 0 radical (unpaired) electrons. The van der Waals surface area contributed by atoms with Crippen LogP contribution in [0.5, 0.6) is 17.2 Å². The van der Waals surface area contributed by atoms with Gasteiger partial charge < -0.3 is 24.1 Å². The number of rotatable bonds is 2. The topological polar surface area (TPSA) is 91.3 Å². The first-order valence-corrected chi connectivity index (χ1v) is 5.95. The van der Waals surface area contributed by atoms with Gasteiger partial charge in [0.2, 0.25) is 5.75 Å². The number of aromatic hydroxyl groups is 1. The molecule has 0 amide bonds. The average molecular weight is 280 g/mol. The third kappa shape index (κ3) is 1.59. The van der Waals surface area contributed by atoms with Gasteiger partial charge in [-0.05, 0) is 6.07 Å². The van der Waals surface area contributed by atoms with Crippen LogP contribution in [-0.4, -0.2) is 37.4 Å². The van der Waals surface area contributed by atoms with E-state index in [2.05, 4.69) is 0 Å².